The zero-order valence-corrected chi connectivity index (χ0v) is 20.3. The number of halogens is 2. The van der Waals surface area contributed by atoms with E-state index in [0.29, 0.717) is 22.3 Å². The predicted molar refractivity (Wildman–Crippen MR) is 121 cm³/mol. The first kappa shape index (κ1) is 24.1. The molecule has 0 saturated carbocycles. The first-order valence-corrected chi connectivity index (χ1v) is 14.1. The van der Waals surface area contributed by atoms with Crippen molar-refractivity contribution in [2.24, 2.45) is 0 Å². The Morgan fingerprint density at radius 1 is 1.14 bits per heavy atom. The van der Waals surface area contributed by atoms with E-state index in [1.165, 1.54) is 12.8 Å². The van der Waals surface area contributed by atoms with Crippen LogP contribution in [-0.2, 0) is 9.16 Å². The van der Waals surface area contributed by atoms with Gasteiger partial charge < -0.3 is 14.5 Å². The Morgan fingerprint density at radius 2 is 1.79 bits per heavy atom. The topological polar surface area (TPSA) is 43.4 Å². The number of pyridine rings is 1. The van der Waals surface area contributed by atoms with Gasteiger partial charge in [0.2, 0.25) is 0 Å². The second kappa shape index (κ2) is 11.9. The summed E-state index contributed by atoms with van der Waals surface area (Å²) in [4.78, 5) is 4.11. The number of hydrogen-bond donors (Lipinski definition) is 1. The lowest BCUT2D eigenvalue weighted by Crippen LogP contribution is -2.38. The van der Waals surface area contributed by atoms with Gasteiger partial charge in [0.25, 0.3) is 0 Å². The molecule has 1 saturated heterocycles. The quantitative estimate of drug-likeness (QED) is 0.298. The van der Waals surface area contributed by atoms with Crippen LogP contribution in [0.5, 0.6) is 0 Å². The zero-order chi connectivity index (χ0) is 20.6. The summed E-state index contributed by atoms with van der Waals surface area (Å²) in [6.45, 7) is 10.7. The van der Waals surface area contributed by atoms with Crippen molar-refractivity contribution in [3.05, 3.63) is 28.0 Å². The van der Waals surface area contributed by atoms with Crippen molar-refractivity contribution in [3.63, 3.8) is 0 Å². The number of hydrogen-bond acceptors (Lipinski definition) is 4. The summed E-state index contributed by atoms with van der Waals surface area (Å²) in [6, 6.07) is 3.30. The molecule has 3 atom stereocenters. The molecule has 28 heavy (non-hydrogen) atoms. The Kier molecular flexibility index (Phi) is 10.2. The minimum atomic E-state index is -1.79. The van der Waals surface area contributed by atoms with Gasteiger partial charge in [-0.05, 0) is 63.8 Å². The number of ether oxygens (including phenoxy) is 1. The van der Waals surface area contributed by atoms with E-state index in [1.54, 1.807) is 12.4 Å². The summed E-state index contributed by atoms with van der Waals surface area (Å²) < 4.78 is 12.7. The number of nitrogens with one attached hydrogen (secondary N) is 1. The third kappa shape index (κ3) is 6.68. The number of aromatic nitrogens is 1. The minimum Gasteiger partial charge on any atom is -0.410 e. The average Bonchev–Trinajstić information content (AvgIpc) is 3.10. The Balaban J connectivity index is 1.98. The molecule has 0 aromatic carbocycles. The van der Waals surface area contributed by atoms with Crippen molar-refractivity contribution in [2.75, 3.05) is 13.1 Å². The van der Waals surface area contributed by atoms with Gasteiger partial charge >= 0.3 is 0 Å². The Labute approximate surface area is 181 Å². The summed E-state index contributed by atoms with van der Waals surface area (Å²) >= 11 is 12.9. The van der Waals surface area contributed by atoms with Crippen LogP contribution in [0.4, 0.5) is 0 Å². The minimum absolute atomic E-state index is 0.0928. The van der Waals surface area contributed by atoms with E-state index in [1.807, 2.05) is 0 Å². The summed E-state index contributed by atoms with van der Waals surface area (Å²) in [6.07, 6.45) is 8.31. The molecule has 1 aliphatic heterocycles. The molecule has 4 nitrogen and oxygen atoms in total. The summed E-state index contributed by atoms with van der Waals surface area (Å²) in [7, 11) is -1.79. The molecule has 1 fully saturated rings. The maximum absolute atomic E-state index is 6.81. The van der Waals surface area contributed by atoms with E-state index >= 15 is 0 Å². The number of rotatable bonds is 12. The van der Waals surface area contributed by atoms with Crippen LogP contribution < -0.4 is 5.32 Å². The molecule has 160 valence electrons. The average molecular weight is 448 g/mol. The lowest BCUT2D eigenvalue weighted by molar-refractivity contribution is 0.0511. The molecule has 3 unspecified atom stereocenters. The highest BCUT2D eigenvalue weighted by atomic mass is 35.5. The largest absolute Gasteiger partial charge is 0.410 e. The normalized spacial score (nSPS) is 21.2. The van der Waals surface area contributed by atoms with E-state index in [4.69, 9.17) is 32.4 Å². The highest BCUT2D eigenvalue weighted by molar-refractivity contribution is 6.73. The van der Waals surface area contributed by atoms with Gasteiger partial charge in [-0.2, -0.15) is 0 Å². The highest BCUT2D eigenvalue weighted by Gasteiger charge is 2.34. The molecule has 2 rings (SSSR count). The van der Waals surface area contributed by atoms with E-state index in [-0.39, 0.29) is 6.10 Å². The maximum atomic E-state index is 6.81. The third-order valence-electron chi connectivity index (χ3n) is 6.08. The van der Waals surface area contributed by atoms with Gasteiger partial charge in [-0.1, -0.05) is 44.0 Å². The molecule has 1 N–H and O–H groups in total. The van der Waals surface area contributed by atoms with Crippen LogP contribution in [0.15, 0.2) is 12.4 Å². The van der Waals surface area contributed by atoms with Crippen LogP contribution in [0.2, 0.25) is 28.2 Å². The van der Waals surface area contributed by atoms with Crippen LogP contribution in [0.25, 0.3) is 0 Å². The highest BCUT2D eigenvalue weighted by Crippen LogP contribution is 2.37. The molecule has 0 aliphatic carbocycles. The smallest absolute Gasteiger partial charge is 0.192 e. The van der Waals surface area contributed by atoms with E-state index in [0.717, 1.165) is 49.6 Å². The SMILES string of the molecule is CC[Si](CC)(CC)OC(CCNCCC1CCC(C)O1)c1c(Cl)cncc1Cl. The van der Waals surface area contributed by atoms with Gasteiger partial charge in [-0.25, -0.2) is 0 Å². The molecular weight excluding hydrogens is 411 g/mol. The van der Waals surface area contributed by atoms with Crippen LogP contribution in [0, 0.1) is 0 Å². The molecule has 1 aromatic heterocycles. The van der Waals surface area contributed by atoms with E-state index < -0.39 is 8.32 Å². The van der Waals surface area contributed by atoms with Crippen molar-refractivity contribution in [1.29, 1.82) is 0 Å². The third-order valence-corrected chi connectivity index (χ3v) is 11.3. The molecular formula is C21H36Cl2N2O2Si. The summed E-state index contributed by atoms with van der Waals surface area (Å²) in [5.41, 5.74) is 0.889. The van der Waals surface area contributed by atoms with Gasteiger partial charge in [0.05, 0.1) is 28.4 Å². The Hall–Kier alpha value is -0.173. The first-order valence-electron chi connectivity index (χ1n) is 10.8. The summed E-state index contributed by atoms with van der Waals surface area (Å²) in [5.74, 6) is 0. The fourth-order valence-electron chi connectivity index (χ4n) is 4.01. The van der Waals surface area contributed by atoms with Gasteiger partial charge in [-0.15, -0.1) is 0 Å². The van der Waals surface area contributed by atoms with Crippen LogP contribution in [0.3, 0.4) is 0 Å². The molecule has 1 aromatic rings. The van der Waals surface area contributed by atoms with Crippen molar-refractivity contribution in [3.8, 4) is 0 Å². The predicted octanol–water partition coefficient (Wildman–Crippen LogP) is 6.39. The van der Waals surface area contributed by atoms with E-state index in [9.17, 15) is 0 Å². The second-order valence-electron chi connectivity index (χ2n) is 7.84. The summed E-state index contributed by atoms with van der Waals surface area (Å²) in [5, 5.41) is 4.75. The van der Waals surface area contributed by atoms with Gasteiger partial charge in [0, 0.05) is 18.0 Å². The van der Waals surface area contributed by atoms with Crippen LogP contribution in [0.1, 0.15) is 65.0 Å². The Morgan fingerprint density at radius 3 is 2.32 bits per heavy atom. The van der Waals surface area contributed by atoms with Crippen molar-refractivity contribution in [1.82, 2.24) is 10.3 Å². The monoisotopic (exact) mass is 446 g/mol. The molecule has 2 heterocycles. The molecule has 0 amide bonds. The molecule has 7 heteroatoms. The zero-order valence-electron chi connectivity index (χ0n) is 17.8. The fourth-order valence-corrected chi connectivity index (χ4v) is 7.46. The van der Waals surface area contributed by atoms with Gasteiger partial charge in [0.1, 0.15) is 0 Å². The maximum Gasteiger partial charge on any atom is 0.192 e. The van der Waals surface area contributed by atoms with Crippen molar-refractivity contribution >= 4 is 31.5 Å². The fraction of sp³-hybridized carbons (Fsp3) is 0.762. The molecule has 1 aliphatic rings. The van der Waals surface area contributed by atoms with Crippen LogP contribution >= 0.6 is 23.2 Å². The number of nitrogens with zero attached hydrogens (tertiary/aromatic N) is 1. The first-order chi connectivity index (χ1) is 13.4. The molecule has 0 bridgehead atoms. The van der Waals surface area contributed by atoms with E-state index in [2.05, 4.69) is 38.0 Å². The standard InChI is InChI=1S/C21H36Cl2N2O2Si/c1-5-28(6-2,7-3)27-20(21-18(22)14-25-15-19(21)23)11-13-24-12-10-17-9-8-16(4)26-17/h14-17,20,24H,5-13H2,1-4H3. The molecule has 0 spiro atoms. The van der Waals surface area contributed by atoms with Crippen molar-refractivity contribution < 1.29 is 9.16 Å². The van der Waals surface area contributed by atoms with Crippen LogP contribution in [-0.4, -0.2) is 38.6 Å². The lowest BCUT2D eigenvalue weighted by atomic mass is 10.1. The molecule has 0 radical (unpaired) electrons. The second-order valence-corrected chi connectivity index (χ2v) is 13.4. The lowest BCUT2D eigenvalue weighted by Gasteiger charge is -2.34. The Bertz CT molecular complexity index is 573. The van der Waals surface area contributed by atoms with Crippen molar-refractivity contribution in [2.45, 2.75) is 89.8 Å². The van der Waals surface area contributed by atoms with Gasteiger partial charge in [-0.3, -0.25) is 4.98 Å². The van der Waals surface area contributed by atoms with Gasteiger partial charge in [0.15, 0.2) is 8.32 Å².